The average Bonchev–Trinajstić information content (AvgIpc) is 2.80. The minimum absolute atomic E-state index is 0.0280. The maximum Gasteiger partial charge on any atom is 0.306 e. The number of hydrogen-bond acceptors (Lipinski definition) is 6. The van der Waals surface area contributed by atoms with Crippen LogP contribution in [-0.4, -0.2) is 35.0 Å². The van der Waals surface area contributed by atoms with E-state index in [1.54, 1.807) is 28.8 Å². The number of rotatable bonds is 10. The number of aromatic nitrogens is 2. The predicted molar refractivity (Wildman–Crippen MR) is 118 cm³/mol. The van der Waals surface area contributed by atoms with Crippen molar-refractivity contribution >= 4 is 22.8 Å². The number of benzene rings is 2. The molecule has 0 fully saturated rings. The number of Topliss-reactive ketones (excluding diaryl/α,β-unsaturated/α-hetero) is 1. The fourth-order valence-corrected chi connectivity index (χ4v) is 3.26. The molecule has 2 aromatic carbocycles. The van der Waals surface area contributed by atoms with Crippen molar-refractivity contribution in [3.8, 4) is 5.75 Å². The smallest absolute Gasteiger partial charge is 0.306 e. The average molecular weight is 422 g/mol. The van der Waals surface area contributed by atoms with E-state index in [1.807, 2.05) is 24.3 Å². The number of unbranched alkanes of at least 4 members (excludes halogenated alkanes) is 1. The Bertz CT molecular complexity index is 1140. The third-order valence-electron chi connectivity index (χ3n) is 4.98. The number of esters is 1. The summed E-state index contributed by atoms with van der Waals surface area (Å²) in [6.45, 7) is 2.31. The van der Waals surface area contributed by atoms with Crippen LogP contribution in [0.3, 0.4) is 0 Å². The summed E-state index contributed by atoms with van der Waals surface area (Å²) in [6.07, 6.45) is 1.97. The second-order valence-corrected chi connectivity index (χ2v) is 7.17. The third-order valence-corrected chi connectivity index (χ3v) is 4.98. The molecule has 0 radical (unpaired) electrons. The van der Waals surface area contributed by atoms with Gasteiger partial charge in [-0.15, -0.1) is 0 Å². The predicted octanol–water partition coefficient (Wildman–Crippen LogP) is 3.56. The molecular formula is C24H26N2O5. The maximum atomic E-state index is 12.9. The third kappa shape index (κ3) is 5.57. The minimum atomic E-state index is -0.550. The number of fused-ring (bicyclic) bond motifs is 1. The molecule has 3 rings (SSSR count). The van der Waals surface area contributed by atoms with Crippen molar-refractivity contribution < 1.29 is 19.1 Å². The zero-order valence-corrected chi connectivity index (χ0v) is 17.8. The van der Waals surface area contributed by atoms with Gasteiger partial charge in [0.25, 0.3) is 5.56 Å². The molecule has 0 bridgehead atoms. The summed E-state index contributed by atoms with van der Waals surface area (Å²) < 4.78 is 11.9. The number of aryl methyl sites for hydroxylation is 2. The van der Waals surface area contributed by atoms with Crippen molar-refractivity contribution in [1.29, 1.82) is 0 Å². The first-order valence-electron chi connectivity index (χ1n) is 10.3. The molecule has 0 saturated heterocycles. The Morgan fingerprint density at radius 2 is 1.90 bits per heavy atom. The molecule has 0 spiro atoms. The first-order valence-corrected chi connectivity index (χ1v) is 10.3. The fraction of sp³-hybridized carbons (Fsp3) is 0.333. The molecule has 162 valence electrons. The van der Waals surface area contributed by atoms with Crippen LogP contribution in [0.15, 0.2) is 53.3 Å². The van der Waals surface area contributed by atoms with Gasteiger partial charge in [-0.1, -0.05) is 37.6 Å². The van der Waals surface area contributed by atoms with E-state index in [9.17, 15) is 14.4 Å². The summed E-state index contributed by atoms with van der Waals surface area (Å²) in [6, 6.07) is 14.1. The maximum absolute atomic E-state index is 12.9. The summed E-state index contributed by atoms with van der Waals surface area (Å²) in [7, 11) is 1.51. The molecule has 0 saturated carbocycles. The second-order valence-electron chi connectivity index (χ2n) is 7.17. The van der Waals surface area contributed by atoms with Gasteiger partial charge in [0.1, 0.15) is 11.4 Å². The van der Waals surface area contributed by atoms with Crippen LogP contribution in [0.4, 0.5) is 0 Å². The Morgan fingerprint density at radius 1 is 1.10 bits per heavy atom. The van der Waals surface area contributed by atoms with E-state index in [2.05, 4.69) is 11.9 Å². The Balaban J connectivity index is 1.65. The summed E-state index contributed by atoms with van der Waals surface area (Å²) in [4.78, 5) is 41.8. The minimum Gasteiger partial charge on any atom is -0.497 e. The zero-order chi connectivity index (χ0) is 22.2. The molecule has 0 aliphatic rings. The highest BCUT2D eigenvalue weighted by molar-refractivity contribution is 5.98. The lowest BCUT2D eigenvalue weighted by molar-refractivity contribution is -0.142. The number of methoxy groups -OCH3 is 1. The van der Waals surface area contributed by atoms with Gasteiger partial charge in [-0.05, 0) is 30.7 Å². The molecule has 31 heavy (non-hydrogen) atoms. The van der Waals surface area contributed by atoms with Crippen molar-refractivity contribution in [2.45, 2.75) is 39.2 Å². The van der Waals surface area contributed by atoms with Gasteiger partial charge in [0.2, 0.25) is 0 Å². The molecule has 0 atom stereocenters. The topological polar surface area (TPSA) is 87.5 Å². The van der Waals surface area contributed by atoms with Crippen LogP contribution >= 0.6 is 0 Å². The summed E-state index contributed by atoms with van der Waals surface area (Å²) in [5, 5.41) is 0. The largest absolute Gasteiger partial charge is 0.497 e. The van der Waals surface area contributed by atoms with Crippen LogP contribution in [0.5, 0.6) is 5.75 Å². The lowest BCUT2D eigenvalue weighted by atomic mass is 10.1. The molecule has 7 heteroatoms. The molecule has 0 amide bonds. The van der Waals surface area contributed by atoms with Gasteiger partial charge < -0.3 is 14.0 Å². The van der Waals surface area contributed by atoms with Gasteiger partial charge in [0, 0.05) is 18.5 Å². The second kappa shape index (κ2) is 10.5. The molecule has 0 aliphatic heterocycles. The fourth-order valence-electron chi connectivity index (χ4n) is 3.26. The Labute approximate surface area is 180 Å². The van der Waals surface area contributed by atoms with Crippen LogP contribution < -0.4 is 10.3 Å². The van der Waals surface area contributed by atoms with Gasteiger partial charge >= 0.3 is 5.97 Å². The molecule has 1 aromatic heterocycles. The van der Waals surface area contributed by atoms with Crippen molar-refractivity contribution in [3.63, 3.8) is 0 Å². The monoisotopic (exact) mass is 422 g/mol. The highest BCUT2D eigenvalue weighted by Crippen LogP contribution is 2.14. The van der Waals surface area contributed by atoms with E-state index in [0.717, 1.165) is 23.9 Å². The van der Waals surface area contributed by atoms with Crippen molar-refractivity contribution in [1.82, 2.24) is 9.55 Å². The zero-order valence-electron chi connectivity index (χ0n) is 17.8. The highest BCUT2D eigenvalue weighted by Gasteiger charge is 2.15. The Morgan fingerprint density at radius 3 is 2.68 bits per heavy atom. The lowest BCUT2D eigenvalue weighted by Gasteiger charge is -2.12. The summed E-state index contributed by atoms with van der Waals surface area (Å²) >= 11 is 0. The number of ether oxygens (including phenoxy) is 2. The summed E-state index contributed by atoms with van der Waals surface area (Å²) in [5.41, 5.74) is 2.05. The van der Waals surface area contributed by atoms with Gasteiger partial charge in [-0.3, -0.25) is 14.4 Å². The van der Waals surface area contributed by atoms with Crippen LogP contribution in [-0.2, 0) is 22.5 Å². The van der Waals surface area contributed by atoms with E-state index >= 15 is 0 Å². The molecular weight excluding hydrogens is 396 g/mol. The molecule has 7 nitrogen and oxygen atoms in total. The molecule has 3 aromatic rings. The quantitative estimate of drug-likeness (QED) is 0.367. The number of ketones is 1. The van der Waals surface area contributed by atoms with Crippen LogP contribution in [0.1, 0.15) is 42.2 Å². The first kappa shape index (κ1) is 22.2. The van der Waals surface area contributed by atoms with E-state index in [-0.39, 0.29) is 30.8 Å². The number of carbonyl (C=O) groups is 2. The van der Waals surface area contributed by atoms with Crippen molar-refractivity contribution in [3.05, 3.63) is 70.1 Å². The van der Waals surface area contributed by atoms with Crippen LogP contribution in [0.2, 0.25) is 0 Å². The number of carbonyl (C=O) groups excluding carboxylic acids is 2. The number of para-hydroxylation sites is 2. The summed E-state index contributed by atoms with van der Waals surface area (Å²) in [5.74, 6) is -0.317. The van der Waals surface area contributed by atoms with Gasteiger partial charge in [0.05, 0.1) is 24.6 Å². The Kier molecular flexibility index (Phi) is 7.54. The number of nitrogens with zero attached hydrogens (tertiary/aromatic N) is 2. The van der Waals surface area contributed by atoms with Crippen LogP contribution in [0, 0.1) is 0 Å². The van der Waals surface area contributed by atoms with Crippen molar-refractivity contribution in [2.24, 2.45) is 0 Å². The van der Waals surface area contributed by atoms with E-state index in [1.165, 1.54) is 7.11 Å². The molecule has 1 heterocycles. The van der Waals surface area contributed by atoms with E-state index in [0.29, 0.717) is 23.6 Å². The highest BCUT2D eigenvalue weighted by atomic mass is 16.5. The van der Waals surface area contributed by atoms with Gasteiger partial charge in [-0.25, -0.2) is 4.98 Å². The Hall–Kier alpha value is -3.48. The number of hydrogen-bond donors (Lipinski definition) is 0. The van der Waals surface area contributed by atoms with E-state index in [4.69, 9.17) is 9.47 Å². The van der Waals surface area contributed by atoms with Crippen molar-refractivity contribution in [2.75, 3.05) is 13.7 Å². The van der Waals surface area contributed by atoms with Gasteiger partial charge in [-0.2, -0.15) is 0 Å². The molecule has 0 N–H and O–H groups in total. The van der Waals surface area contributed by atoms with E-state index < -0.39 is 5.97 Å². The first-order chi connectivity index (χ1) is 15.0. The van der Waals surface area contributed by atoms with Crippen LogP contribution in [0.25, 0.3) is 11.0 Å². The standard InChI is InChI=1S/C24H26N2O5/c1-3-4-14-26-21-11-6-5-10-19(21)25-20(24(26)29)12-13-23(28)31-16-22(27)17-8-7-9-18(15-17)30-2/h5-11,15H,3-4,12-14,16H2,1-2H3. The SMILES string of the molecule is CCCCn1c(=O)c(CCC(=O)OCC(=O)c2cccc(OC)c2)nc2ccccc21. The molecule has 0 unspecified atom stereocenters. The normalized spacial score (nSPS) is 10.8. The lowest BCUT2D eigenvalue weighted by Crippen LogP contribution is -2.26. The van der Waals surface area contributed by atoms with Gasteiger partial charge in [0.15, 0.2) is 12.4 Å². The molecule has 0 aliphatic carbocycles.